The fourth-order valence-corrected chi connectivity index (χ4v) is 2.06. The van der Waals surface area contributed by atoms with Crippen molar-refractivity contribution in [1.82, 2.24) is 4.90 Å². The smallest absolute Gasteiger partial charge is 0.241 e. The van der Waals surface area contributed by atoms with Crippen LogP contribution in [0.4, 0.5) is 0 Å². The van der Waals surface area contributed by atoms with Crippen LogP contribution in [-0.4, -0.2) is 50.8 Å². The lowest BCUT2D eigenvalue weighted by Crippen LogP contribution is -2.48. The average Bonchev–Trinajstić information content (AvgIpc) is 2.46. The Kier molecular flexibility index (Phi) is 9.01. The van der Waals surface area contributed by atoms with Gasteiger partial charge in [0, 0.05) is 20.2 Å². The molecule has 2 N–H and O–H groups in total. The molecule has 0 fully saturated rings. The highest BCUT2D eigenvalue weighted by atomic mass is 35.5. The Morgan fingerprint density at radius 1 is 1.33 bits per heavy atom. The first-order chi connectivity index (χ1) is 9.51. The Balaban J connectivity index is 0.00000400. The Labute approximate surface area is 132 Å². The van der Waals surface area contributed by atoms with Gasteiger partial charge in [-0.3, -0.25) is 4.79 Å². The fraction of sp³-hybridized carbons (Fsp3) is 0.533. The minimum Gasteiger partial charge on any atom is -0.496 e. The second-order valence-corrected chi connectivity index (χ2v) is 4.88. The van der Waals surface area contributed by atoms with E-state index < -0.39 is 6.04 Å². The van der Waals surface area contributed by atoms with Gasteiger partial charge in [-0.1, -0.05) is 18.2 Å². The van der Waals surface area contributed by atoms with Crippen molar-refractivity contribution in [2.24, 2.45) is 5.73 Å². The number of carbonyl (C=O) groups excluding carboxylic acids is 1. The van der Waals surface area contributed by atoms with E-state index in [1.54, 1.807) is 19.1 Å². The first-order valence-corrected chi connectivity index (χ1v) is 6.64. The van der Waals surface area contributed by atoms with Gasteiger partial charge in [0.15, 0.2) is 0 Å². The number of halogens is 1. The van der Waals surface area contributed by atoms with Gasteiger partial charge < -0.3 is 20.1 Å². The van der Waals surface area contributed by atoms with Crippen molar-refractivity contribution in [2.75, 3.05) is 27.9 Å². The number of para-hydroxylation sites is 1. The molecule has 120 valence electrons. The SMILES string of the molecule is COCC(N)C(=O)N(C)C(C)Cc1ccccc1OC.Cl. The van der Waals surface area contributed by atoms with E-state index in [1.165, 1.54) is 7.11 Å². The molecule has 0 radical (unpaired) electrons. The van der Waals surface area contributed by atoms with Crippen LogP contribution in [0.5, 0.6) is 5.75 Å². The van der Waals surface area contributed by atoms with Gasteiger partial charge in [-0.05, 0) is 25.0 Å². The van der Waals surface area contributed by atoms with Crippen LogP contribution in [0.3, 0.4) is 0 Å². The Hall–Kier alpha value is -1.30. The number of nitrogens with zero attached hydrogens (tertiary/aromatic N) is 1. The standard InChI is InChI=1S/C15H24N2O3.ClH/c1-11(17(2)15(18)13(16)10-19-3)9-12-7-5-6-8-14(12)20-4;/h5-8,11,13H,9-10,16H2,1-4H3;1H. The predicted molar refractivity (Wildman–Crippen MR) is 86.0 cm³/mol. The lowest BCUT2D eigenvalue weighted by atomic mass is 10.0. The van der Waals surface area contributed by atoms with E-state index >= 15 is 0 Å². The number of hydrogen-bond donors (Lipinski definition) is 1. The van der Waals surface area contributed by atoms with E-state index in [2.05, 4.69) is 0 Å². The van der Waals surface area contributed by atoms with E-state index in [4.69, 9.17) is 15.2 Å². The topological polar surface area (TPSA) is 64.8 Å². The summed E-state index contributed by atoms with van der Waals surface area (Å²) in [5.74, 6) is 0.718. The maximum absolute atomic E-state index is 12.1. The molecule has 0 aliphatic heterocycles. The number of likely N-dealkylation sites (N-methyl/N-ethyl adjacent to an activating group) is 1. The summed E-state index contributed by atoms with van der Waals surface area (Å²) in [6.07, 6.45) is 0.714. The van der Waals surface area contributed by atoms with Crippen LogP contribution in [0.1, 0.15) is 12.5 Å². The Morgan fingerprint density at radius 2 is 1.95 bits per heavy atom. The van der Waals surface area contributed by atoms with Gasteiger partial charge in [0.2, 0.25) is 5.91 Å². The highest BCUT2D eigenvalue weighted by molar-refractivity contribution is 5.85. The molecule has 0 spiro atoms. The Morgan fingerprint density at radius 3 is 2.52 bits per heavy atom. The van der Waals surface area contributed by atoms with E-state index in [9.17, 15) is 4.79 Å². The van der Waals surface area contributed by atoms with Gasteiger partial charge in [-0.2, -0.15) is 0 Å². The van der Waals surface area contributed by atoms with E-state index in [1.807, 2.05) is 31.2 Å². The molecular formula is C15H25ClN2O3. The Bertz CT molecular complexity index is 443. The number of rotatable bonds is 7. The molecular weight excluding hydrogens is 292 g/mol. The monoisotopic (exact) mass is 316 g/mol. The van der Waals surface area contributed by atoms with Crippen LogP contribution in [0, 0.1) is 0 Å². The number of hydrogen-bond acceptors (Lipinski definition) is 4. The second-order valence-electron chi connectivity index (χ2n) is 4.88. The third kappa shape index (κ3) is 5.53. The maximum Gasteiger partial charge on any atom is 0.241 e. The van der Waals surface area contributed by atoms with Crippen molar-refractivity contribution in [1.29, 1.82) is 0 Å². The number of ether oxygens (including phenoxy) is 2. The van der Waals surface area contributed by atoms with Gasteiger partial charge in [0.05, 0.1) is 13.7 Å². The van der Waals surface area contributed by atoms with Crippen LogP contribution in [0.15, 0.2) is 24.3 Å². The summed E-state index contributed by atoms with van der Waals surface area (Å²) in [5, 5.41) is 0. The van der Waals surface area contributed by atoms with Gasteiger partial charge in [0.1, 0.15) is 11.8 Å². The number of carbonyl (C=O) groups is 1. The van der Waals surface area contributed by atoms with Gasteiger partial charge in [-0.25, -0.2) is 0 Å². The van der Waals surface area contributed by atoms with E-state index in [-0.39, 0.29) is 31.0 Å². The molecule has 0 aromatic heterocycles. The van der Waals surface area contributed by atoms with Crippen LogP contribution in [0.2, 0.25) is 0 Å². The molecule has 1 amide bonds. The highest BCUT2D eigenvalue weighted by Crippen LogP contribution is 2.20. The number of nitrogens with two attached hydrogens (primary N) is 1. The van der Waals surface area contributed by atoms with Gasteiger partial charge in [0.25, 0.3) is 0 Å². The number of amides is 1. The molecule has 0 saturated carbocycles. The van der Waals surface area contributed by atoms with Crippen LogP contribution in [0.25, 0.3) is 0 Å². The van der Waals surface area contributed by atoms with Gasteiger partial charge >= 0.3 is 0 Å². The predicted octanol–water partition coefficient (Wildman–Crippen LogP) is 1.48. The molecule has 1 aromatic carbocycles. The molecule has 1 rings (SSSR count). The molecule has 1 aromatic rings. The van der Waals surface area contributed by atoms with Crippen molar-refractivity contribution in [2.45, 2.75) is 25.4 Å². The molecule has 0 aliphatic carbocycles. The largest absolute Gasteiger partial charge is 0.496 e. The molecule has 2 unspecified atom stereocenters. The third-order valence-corrected chi connectivity index (χ3v) is 3.38. The van der Waals surface area contributed by atoms with E-state index in [0.29, 0.717) is 6.42 Å². The molecule has 0 aliphatic rings. The summed E-state index contributed by atoms with van der Waals surface area (Å²) in [7, 11) is 4.94. The lowest BCUT2D eigenvalue weighted by Gasteiger charge is -2.28. The quantitative estimate of drug-likeness (QED) is 0.827. The average molecular weight is 317 g/mol. The summed E-state index contributed by atoms with van der Waals surface area (Å²) >= 11 is 0. The van der Waals surface area contributed by atoms with Crippen molar-refractivity contribution in [3.05, 3.63) is 29.8 Å². The lowest BCUT2D eigenvalue weighted by molar-refractivity contribution is -0.134. The molecule has 5 nitrogen and oxygen atoms in total. The maximum atomic E-state index is 12.1. The zero-order valence-electron chi connectivity index (χ0n) is 13.0. The number of benzene rings is 1. The minimum atomic E-state index is -0.620. The summed E-state index contributed by atoms with van der Waals surface area (Å²) in [6, 6.07) is 7.22. The highest BCUT2D eigenvalue weighted by Gasteiger charge is 2.22. The third-order valence-electron chi connectivity index (χ3n) is 3.38. The molecule has 0 heterocycles. The summed E-state index contributed by atoms with van der Waals surface area (Å²) < 4.78 is 10.2. The second kappa shape index (κ2) is 9.60. The first-order valence-electron chi connectivity index (χ1n) is 6.64. The molecule has 6 heteroatoms. The van der Waals surface area contributed by atoms with E-state index in [0.717, 1.165) is 11.3 Å². The first kappa shape index (κ1) is 19.7. The van der Waals surface area contributed by atoms with Gasteiger partial charge in [-0.15, -0.1) is 12.4 Å². The zero-order valence-corrected chi connectivity index (χ0v) is 13.9. The van der Waals surface area contributed by atoms with Crippen LogP contribution in [-0.2, 0) is 16.0 Å². The minimum absolute atomic E-state index is 0. The molecule has 21 heavy (non-hydrogen) atoms. The van der Waals surface area contributed by atoms with Crippen LogP contribution < -0.4 is 10.5 Å². The number of methoxy groups -OCH3 is 2. The van der Waals surface area contributed by atoms with Crippen molar-refractivity contribution in [3.63, 3.8) is 0 Å². The fourth-order valence-electron chi connectivity index (χ4n) is 2.06. The van der Waals surface area contributed by atoms with Crippen LogP contribution >= 0.6 is 12.4 Å². The summed E-state index contributed by atoms with van der Waals surface area (Å²) in [4.78, 5) is 13.8. The molecule has 0 saturated heterocycles. The summed E-state index contributed by atoms with van der Waals surface area (Å²) in [6.45, 7) is 2.22. The normalized spacial score (nSPS) is 13.0. The molecule has 2 atom stereocenters. The zero-order chi connectivity index (χ0) is 15.1. The van der Waals surface area contributed by atoms with Crippen molar-refractivity contribution >= 4 is 18.3 Å². The van der Waals surface area contributed by atoms with Crippen molar-refractivity contribution < 1.29 is 14.3 Å². The van der Waals surface area contributed by atoms with Crippen molar-refractivity contribution in [3.8, 4) is 5.75 Å². The summed E-state index contributed by atoms with van der Waals surface area (Å²) in [5.41, 5.74) is 6.85. The molecule has 0 bridgehead atoms.